The van der Waals surface area contributed by atoms with Gasteiger partial charge in [-0.1, -0.05) is 0 Å². The van der Waals surface area contributed by atoms with Crippen molar-refractivity contribution in [2.75, 3.05) is 21.1 Å². The summed E-state index contributed by atoms with van der Waals surface area (Å²) in [5.41, 5.74) is 0.148. The van der Waals surface area contributed by atoms with Gasteiger partial charge in [-0.2, -0.15) is 0 Å². The third-order valence-electron chi connectivity index (χ3n) is 1.17. The van der Waals surface area contributed by atoms with E-state index in [1.165, 1.54) is 0 Å². The summed E-state index contributed by atoms with van der Waals surface area (Å²) in [6, 6.07) is 5.17. The molecule has 0 aliphatic rings. The average Bonchev–Trinajstić information content (AvgIpc) is 2.08. The molecule has 1 aromatic carbocycles. The van der Waals surface area contributed by atoms with Crippen LogP contribution in [0.25, 0.3) is 0 Å². The van der Waals surface area contributed by atoms with Crippen LogP contribution in [0.15, 0.2) is 22.7 Å². The van der Waals surface area contributed by atoms with Crippen molar-refractivity contribution in [2.24, 2.45) is 0 Å². The van der Waals surface area contributed by atoms with Crippen molar-refractivity contribution in [1.29, 1.82) is 0 Å². The molecule has 0 saturated heterocycles. The minimum absolute atomic E-state index is 0.148. The van der Waals surface area contributed by atoms with Crippen LogP contribution < -0.4 is 3.58 Å². The maximum atomic E-state index is 10.4. The topological polar surface area (TPSA) is 46.4 Å². The molecule has 0 amide bonds. The molecule has 0 spiro atoms. The second-order valence-corrected chi connectivity index (χ2v) is 6.07. The molecule has 0 aliphatic carbocycles. The van der Waals surface area contributed by atoms with Gasteiger partial charge in [0.25, 0.3) is 0 Å². The first kappa shape index (κ1) is 14.9. The Morgan fingerprint density at radius 3 is 2.20 bits per heavy atom. The number of nitro groups is 1. The fourth-order valence-corrected chi connectivity index (χ4v) is 1.79. The zero-order valence-electron chi connectivity index (χ0n) is 8.90. The number of rotatable bonds is 1. The van der Waals surface area contributed by atoms with Crippen molar-refractivity contribution in [3.8, 4) is 0 Å². The quantitative estimate of drug-likeness (QED) is 0.416. The number of benzene rings is 1. The van der Waals surface area contributed by atoms with Gasteiger partial charge in [-0.05, 0) is 21.1 Å². The summed E-state index contributed by atoms with van der Waals surface area (Å²) in [7, 11) is 6.00. The third-order valence-corrected chi connectivity index (χ3v) is 2.86. The van der Waals surface area contributed by atoms with E-state index in [4.69, 9.17) is 0 Å². The number of hydrogen-bond donors (Lipinski definition) is 0. The van der Waals surface area contributed by atoms with Gasteiger partial charge in [-0.15, -0.1) is 0 Å². The Balaban J connectivity index is 0.000000423. The summed E-state index contributed by atoms with van der Waals surface area (Å²) in [4.78, 5) is 12.0. The van der Waals surface area contributed by atoms with E-state index in [1.807, 2.05) is 32.1 Å². The standard InChI is InChI=1S/C6H3BrNO2.C3H9N.Sn.H/c7-5-3-1-2-4-6(5)8(9)10;1-4(2)3;;/h1,3-4H;1-3H3;;. The van der Waals surface area contributed by atoms with Gasteiger partial charge < -0.3 is 4.90 Å². The number of nitro benzene ring substituents is 1. The van der Waals surface area contributed by atoms with E-state index in [-0.39, 0.29) is 10.6 Å². The Morgan fingerprint density at radius 2 is 1.87 bits per heavy atom. The van der Waals surface area contributed by atoms with E-state index in [0.717, 1.165) is 26.1 Å². The molecule has 15 heavy (non-hydrogen) atoms. The van der Waals surface area contributed by atoms with E-state index >= 15 is 0 Å². The van der Waals surface area contributed by atoms with Crippen molar-refractivity contribution in [3.63, 3.8) is 0 Å². The SMILES string of the molecule is CN(C)C.O=[N+]([O-])c1c[c]([SnH])ccc1Br. The van der Waals surface area contributed by atoms with Gasteiger partial charge in [0.2, 0.25) is 0 Å². The van der Waals surface area contributed by atoms with Gasteiger partial charge >= 0.3 is 85.4 Å². The number of hydrogen-bond acceptors (Lipinski definition) is 3. The Labute approximate surface area is 111 Å². The van der Waals surface area contributed by atoms with Gasteiger partial charge in [0.1, 0.15) is 0 Å². The van der Waals surface area contributed by atoms with E-state index in [1.54, 1.807) is 12.1 Å². The van der Waals surface area contributed by atoms with Crippen LogP contribution in [-0.4, -0.2) is 53.5 Å². The van der Waals surface area contributed by atoms with Crippen LogP contribution in [0, 0.1) is 10.1 Å². The molecule has 2 radical (unpaired) electrons. The summed E-state index contributed by atoms with van der Waals surface area (Å²) in [5.74, 6) is 0. The van der Waals surface area contributed by atoms with E-state index in [2.05, 4.69) is 15.9 Å². The predicted molar refractivity (Wildman–Crippen MR) is 67.2 cm³/mol. The van der Waals surface area contributed by atoms with Gasteiger partial charge in [0.05, 0.1) is 0 Å². The summed E-state index contributed by atoms with van der Waals surface area (Å²) in [5, 5.41) is 10.4. The second-order valence-electron chi connectivity index (χ2n) is 3.31. The van der Waals surface area contributed by atoms with Crippen molar-refractivity contribution in [2.45, 2.75) is 0 Å². The zero-order valence-corrected chi connectivity index (χ0v) is 13.8. The predicted octanol–water partition coefficient (Wildman–Crippen LogP) is 1.06. The molecular formula is C9H13BrN2O2Sn. The van der Waals surface area contributed by atoms with Gasteiger partial charge in [-0.25, -0.2) is 0 Å². The molecule has 0 saturated carbocycles. The summed E-state index contributed by atoms with van der Waals surface area (Å²) < 4.78 is 1.56. The van der Waals surface area contributed by atoms with Crippen molar-refractivity contribution in [3.05, 3.63) is 32.8 Å². The van der Waals surface area contributed by atoms with E-state index in [0.29, 0.717) is 4.47 Å². The molecule has 4 nitrogen and oxygen atoms in total. The Hall–Kier alpha value is -0.141. The molecule has 82 valence electrons. The Kier molecular flexibility index (Phi) is 7.12. The molecule has 0 fully saturated rings. The first-order chi connectivity index (χ1) is 6.84. The molecule has 0 aliphatic heterocycles. The molecule has 1 aromatic rings. The third kappa shape index (κ3) is 6.86. The van der Waals surface area contributed by atoms with Gasteiger partial charge in [0, 0.05) is 0 Å². The minimum atomic E-state index is -0.385. The van der Waals surface area contributed by atoms with E-state index in [9.17, 15) is 10.1 Å². The molecule has 0 aromatic heterocycles. The monoisotopic (exact) mass is 380 g/mol. The zero-order chi connectivity index (χ0) is 12.0. The van der Waals surface area contributed by atoms with Gasteiger partial charge in [-0.3, -0.25) is 0 Å². The van der Waals surface area contributed by atoms with Crippen molar-refractivity contribution in [1.82, 2.24) is 4.90 Å². The van der Waals surface area contributed by atoms with Crippen molar-refractivity contribution < 1.29 is 4.92 Å². The van der Waals surface area contributed by atoms with Crippen LogP contribution in [0.2, 0.25) is 0 Å². The second kappa shape index (κ2) is 7.18. The molecule has 0 bridgehead atoms. The van der Waals surface area contributed by atoms with Crippen LogP contribution in [0.5, 0.6) is 0 Å². The first-order valence-electron chi connectivity index (χ1n) is 4.15. The summed E-state index contributed by atoms with van der Waals surface area (Å²) in [6.07, 6.45) is 0. The Morgan fingerprint density at radius 1 is 1.40 bits per heavy atom. The number of nitrogens with zero attached hydrogens (tertiary/aromatic N) is 2. The van der Waals surface area contributed by atoms with Crippen LogP contribution >= 0.6 is 15.9 Å². The fraction of sp³-hybridized carbons (Fsp3) is 0.333. The van der Waals surface area contributed by atoms with Crippen LogP contribution in [0.1, 0.15) is 0 Å². The summed E-state index contributed by atoms with van der Waals surface area (Å²) in [6.45, 7) is 0. The van der Waals surface area contributed by atoms with Crippen LogP contribution in [-0.2, 0) is 0 Å². The normalized spacial score (nSPS) is 9.47. The fourth-order valence-electron chi connectivity index (χ4n) is 0.670. The average molecular weight is 380 g/mol. The molecule has 0 N–H and O–H groups in total. The molecule has 6 heteroatoms. The van der Waals surface area contributed by atoms with E-state index < -0.39 is 0 Å². The molecule has 0 unspecified atom stereocenters. The van der Waals surface area contributed by atoms with Gasteiger partial charge in [0.15, 0.2) is 0 Å². The first-order valence-corrected chi connectivity index (χ1v) is 6.59. The Bertz CT molecular complexity index is 342. The van der Waals surface area contributed by atoms with Crippen LogP contribution in [0.4, 0.5) is 5.69 Å². The maximum absolute atomic E-state index is 10.4. The summed E-state index contributed by atoms with van der Waals surface area (Å²) >= 11 is 4.01. The van der Waals surface area contributed by atoms with Crippen LogP contribution in [0.3, 0.4) is 0 Å². The molecule has 0 heterocycles. The molecular weight excluding hydrogens is 367 g/mol. The number of halogens is 1. The van der Waals surface area contributed by atoms with Crippen molar-refractivity contribution >= 4 is 47.7 Å². The molecule has 1 rings (SSSR count). The molecule has 0 atom stereocenters.